The van der Waals surface area contributed by atoms with Crippen LogP contribution in [0.4, 0.5) is 0 Å². The molecule has 2 heterocycles. The predicted octanol–water partition coefficient (Wildman–Crippen LogP) is 1.02. The van der Waals surface area contributed by atoms with E-state index in [1.54, 1.807) is 13.0 Å². The Balaban J connectivity index is 2.01. The molecular formula is C12H17NO4. The smallest absolute Gasteiger partial charge is 0.341 e. The number of β-amino-alcohol motifs (C(OH)–C–C–N with tert-alkyl or cyclic N) is 1. The van der Waals surface area contributed by atoms with Gasteiger partial charge in [-0.15, -0.1) is 0 Å². The number of furan rings is 1. The molecule has 1 aliphatic heterocycles. The van der Waals surface area contributed by atoms with Crippen LogP contribution in [0.5, 0.6) is 0 Å². The third-order valence-electron chi connectivity index (χ3n) is 2.86. The van der Waals surface area contributed by atoms with E-state index in [4.69, 9.17) is 9.15 Å². The van der Waals surface area contributed by atoms with Gasteiger partial charge in [0, 0.05) is 13.1 Å². The molecule has 1 N–H and O–H groups in total. The molecule has 2 rings (SSSR count). The molecule has 5 nitrogen and oxygen atoms in total. The Labute approximate surface area is 100.0 Å². The number of carbonyl (C=O) groups excluding carboxylic acids is 1. The summed E-state index contributed by atoms with van der Waals surface area (Å²) in [5, 5.41) is 9.43. The first-order valence-electron chi connectivity index (χ1n) is 5.84. The van der Waals surface area contributed by atoms with Gasteiger partial charge >= 0.3 is 5.97 Å². The molecule has 17 heavy (non-hydrogen) atoms. The minimum absolute atomic E-state index is 0.268. The molecule has 1 aromatic heterocycles. The van der Waals surface area contributed by atoms with E-state index in [9.17, 15) is 9.90 Å². The molecule has 0 spiro atoms. The second kappa shape index (κ2) is 5.33. The number of esters is 1. The van der Waals surface area contributed by atoms with Gasteiger partial charge in [0.15, 0.2) is 0 Å². The minimum atomic E-state index is -0.351. The van der Waals surface area contributed by atoms with Crippen molar-refractivity contribution in [1.82, 2.24) is 4.90 Å². The zero-order valence-electron chi connectivity index (χ0n) is 9.89. The molecule has 5 heteroatoms. The Morgan fingerprint density at radius 3 is 3.18 bits per heavy atom. The van der Waals surface area contributed by atoms with Crippen molar-refractivity contribution in [2.24, 2.45) is 0 Å². The summed E-state index contributed by atoms with van der Waals surface area (Å²) in [6.45, 7) is 4.12. The van der Waals surface area contributed by atoms with Crippen LogP contribution in [0, 0.1) is 0 Å². The summed E-state index contributed by atoms with van der Waals surface area (Å²) in [6.07, 6.45) is 2.00. The van der Waals surface area contributed by atoms with Crippen LogP contribution in [0.15, 0.2) is 16.7 Å². The standard InChI is InChI=1S/C12H17NO4/c1-2-16-12(15)10-4-6-17-11(10)8-13-5-3-9(14)7-13/h4,6,9,14H,2-3,5,7-8H2,1H3/t9-/m0/s1. The Morgan fingerprint density at radius 1 is 1.71 bits per heavy atom. The van der Waals surface area contributed by atoms with Crippen LogP contribution in [0.3, 0.4) is 0 Å². The highest BCUT2D eigenvalue weighted by Gasteiger charge is 2.24. The van der Waals surface area contributed by atoms with E-state index in [0.29, 0.717) is 31.0 Å². The van der Waals surface area contributed by atoms with Crippen LogP contribution in [-0.4, -0.2) is 41.8 Å². The first-order chi connectivity index (χ1) is 8.20. The van der Waals surface area contributed by atoms with Gasteiger partial charge in [-0.2, -0.15) is 0 Å². The Hall–Kier alpha value is -1.33. The number of hydrogen-bond donors (Lipinski definition) is 1. The van der Waals surface area contributed by atoms with Crippen LogP contribution < -0.4 is 0 Å². The van der Waals surface area contributed by atoms with E-state index in [0.717, 1.165) is 13.0 Å². The average Bonchev–Trinajstić information content (AvgIpc) is 2.89. The van der Waals surface area contributed by atoms with Crippen molar-refractivity contribution in [3.63, 3.8) is 0 Å². The summed E-state index contributed by atoms with van der Waals surface area (Å²) in [7, 11) is 0. The van der Waals surface area contributed by atoms with E-state index in [1.807, 2.05) is 0 Å². The number of aliphatic hydroxyl groups excluding tert-OH is 1. The van der Waals surface area contributed by atoms with Gasteiger partial charge in [-0.1, -0.05) is 0 Å². The van der Waals surface area contributed by atoms with Gasteiger partial charge in [-0.3, -0.25) is 4.90 Å². The lowest BCUT2D eigenvalue weighted by Gasteiger charge is -2.13. The molecule has 1 aromatic rings. The van der Waals surface area contributed by atoms with Crippen LogP contribution in [-0.2, 0) is 11.3 Å². The number of rotatable bonds is 4. The highest BCUT2D eigenvalue weighted by molar-refractivity contribution is 5.90. The number of nitrogens with zero attached hydrogens (tertiary/aromatic N) is 1. The van der Waals surface area contributed by atoms with Crippen molar-refractivity contribution >= 4 is 5.97 Å². The molecule has 0 unspecified atom stereocenters. The summed E-state index contributed by atoms with van der Waals surface area (Å²) in [6, 6.07) is 1.62. The van der Waals surface area contributed by atoms with E-state index < -0.39 is 0 Å². The number of hydrogen-bond acceptors (Lipinski definition) is 5. The van der Waals surface area contributed by atoms with E-state index >= 15 is 0 Å². The maximum Gasteiger partial charge on any atom is 0.341 e. The summed E-state index contributed by atoms with van der Waals surface area (Å²) < 4.78 is 10.3. The van der Waals surface area contributed by atoms with Crippen molar-refractivity contribution in [3.8, 4) is 0 Å². The maximum absolute atomic E-state index is 11.6. The third kappa shape index (κ3) is 2.87. The van der Waals surface area contributed by atoms with Gasteiger partial charge in [-0.05, 0) is 19.4 Å². The van der Waals surface area contributed by atoms with Crippen molar-refractivity contribution in [2.45, 2.75) is 26.0 Å². The first kappa shape index (κ1) is 12.1. The summed E-state index contributed by atoms with van der Waals surface area (Å²) in [5.41, 5.74) is 0.480. The predicted molar refractivity (Wildman–Crippen MR) is 60.6 cm³/mol. The molecule has 1 fully saturated rings. The van der Waals surface area contributed by atoms with E-state index in [1.165, 1.54) is 6.26 Å². The van der Waals surface area contributed by atoms with Gasteiger partial charge in [0.25, 0.3) is 0 Å². The number of aliphatic hydroxyl groups is 1. The fraction of sp³-hybridized carbons (Fsp3) is 0.583. The van der Waals surface area contributed by atoms with Crippen molar-refractivity contribution in [1.29, 1.82) is 0 Å². The summed E-state index contributed by atoms with van der Waals surface area (Å²) in [4.78, 5) is 13.7. The van der Waals surface area contributed by atoms with Gasteiger partial charge in [0.2, 0.25) is 0 Å². The fourth-order valence-electron chi connectivity index (χ4n) is 2.01. The summed E-state index contributed by atoms with van der Waals surface area (Å²) in [5.74, 6) is 0.258. The molecule has 1 atom stereocenters. The Kier molecular flexibility index (Phi) is 3.81. The third-order valence-corrected chi connectivity index (χ3v) is 2.86. The second-order valence-electron chi connectivity index (χ2n) is 4.16. The highest BCUT2D eigenvalue weighted by atomic mass is 16.5. The topological polar surface area (TPSA) is 62.9 Å². The van der Waals surface area contributed by atoms with Crippen molar-refractivity contribution in [2.75, 3.05) is 19.7 Å². The van der Waals surface area contributed by atoms with Crippen LogP contribution in [0.25, 0.3) is 0 Å². The Morgan fingerprint density at radius 2 is 2.53 bits per heavy atom. The SMILES string of the molecule is CCOC(=O)c1ccoc1CN1CC[C@H](O)C1. The fourth-order valence-corrected chi connectivity index (χ4v) is 2.01. The highest BCUT2D eigenvalue weighted by Crippen LogP contribution is 2.18. The lowest BCUT2D eigenvalue weighted by atomic mass is 10.2. The lowest BCUT2D eigenvalue weighted by Crippen LogP contribution is -2.22. The van der Waals surface area contributed by atoms with Gasteiger partial charge in [-0.25, -0.2) is 4.79 Å². The molecule has 94 valence electrons. The molecule has 0 bridgehead atoms. The van der Waals surface area contributed by atoms with E-state index in [2.05, 4.69) is 4.90 Å². The lowest BCUT2D eigenvalue weighted by molar-refractivity contribution is 0.0522. The number of carbonyl (C=O) groups is 1. The van der Waals surface area contributed by atoms with Gasteiger partial charge in [0.05, 0.1) is 25.5 Å². The summed E-state index contributed by atoms with van der Waals surface area (Å²) >= 11 is 0. The normalized spacial score (nSPS) is 20.7. The average molecular weight is 239 g/mol. The zero-order chi connectivity index (χ0) is 12.3. The van der Waals surface area contributed by atoms with Crippen LogP contribution >= 0.6 is 0 Å². The van der Waals surface area contributed by atoms with Gasteiger partial charge in [0.1, 0.15) is 11.3 Å². The molecule has 0 amide bonds. The molecule has 1 aliphatic rings. The molecular weight excluding hydrogens is 222 g/mol. The zero-order valence-corrected chi connectivity index (χ0v) is 9.89. The first-order valence-corrected chi connectivity index (χ1v) is 5.84. The molecule has 1 saturated heterocycles. The molecule has 0 aliphatic carbocycles. The molecule has 0 aromatic carbocycles. The van der Waals surface area contributed by atoms with Gasteiger partial charge < -0.3 is 14.3 Å². The van der Waals surface area contributed by atoms with E-state index in [-0.39, 0.29) is 12.1 Å². The quantitative estimate of drug-likeness (QED) is 0.795. The second-order valence-corrected chi connectivity index (χ2v) is 4.16. The van der Waals surface area contributed by atoms with Crippen molar-refractivity contribution in [3.05, 3.63) is 23.7 Å². The van der Waals surface area contributed by atoms with Crippen LogP contribution in [0.2, 0.25) is 0 Å². The number of likely N-dealkylation sites (tertiary alicyclic amines) is 1. The monoisotopic (exact) mass is 239 g/mol. The molecule has 0 radical (unpaired) electrons. The van der Waals surface area contributed by atoms with Crippen LogP contribution in [0.1, 0.15) is 29.5 Å². The largest absolute Gasteiger partial charge is 0.467 e. The maximum atomic E-state index is 11.6. The minimum Gasteiger partial charge on any atom is -0.467 e. The number of ether oxygens (including phenoxy) is 1. The Bertz CT molecular complexity index is 388. The molecule has 0 saturated carbocycles. The van der Waals surface area contributed by atoms with Crippen molar-refractivity contribution < 1.29 is 19.1 Å².